The van der Waals surface area contributed by atoms with Crippen molar-refractivity contribution >= 4 is 34.6 Å². The van der Waals surface area contributed by atoms with Gasteiger partial charge in [-0.2, -0.15) is 0 Å². The first kappa shape index (κ1) is 14.4. The van der Waals surface area contributed by atoms with Gasteiger partial charge in [-0.3, -0.25) is 0 Å². The Bertz CT molecular complexity index is 362. The standard InChI is InChI=1S/C11H16Cl2N2O2/c12-8-6-10(14)11(7-9(8)13)15-2-1-4-17-5-3-16/h6-7,15-16H,1-5,14H2. The number of rotatable bonds is 7. The van der Waals surface area contributed by atoms with Crippen LogP contribution in [0.5, 0.6) is 0 Å². The number of nitrogen functional groups attached to an aromatic ring is 1. The van der Waals surface area contributed by atoms with E-state index >= 15 is 0 Å². The largest absolute Gasteiger partial charge is 0.397 e. The number of nitrogens with two attached hydrogens (primary N) is 1. The van der Waals surface area contributed by atoms with E-state index in [9.17, 15) is 0 Å². The molecule has 0 aliphatic carbocycles. The Morgan fingerprint density at radius 1 is 1.24 bits per heavy atom. The summed E-state index contributed by atoms with van der Waals surface area (Å²) in [5.74, 6) is 0. The van der Waals surface area contributed by atoms with Crippen LogP contribution in [0.1, 0.15) is 6.42 Å². The van der Waals surface area contributed by atoms with Crippen LogP contribution in [-0.4, -0.2) is 31.5 Å². The molecule has 0 atom stereocenters. The first-order chi connectivity index (χ1) is 8.15. The predicted molar refractivity (Wildman–Crippen MR) is 71.9 cm³/mol. The second kappa shape index (κ2) is 7.61. The van der Waals surface area contributed by atoms with Crippen molar-refractivity contribution in [1.82, 2.24) is 0 Å². The van der Waals surface area contributed by atoms with E-state index in [1.54, 1.807) is 12.1 Å². The Kier molecular flexibility index (Phi) is 6.44. The van der Waals surface area contributed by atoms with Crippen molar-refractivity contribution in [3.8, 4) is 0 Å². The van der Waals surface area contributed by atoms with Crippen LogP contribution in [0, 0.1) is 0 Å². The third kappa shape index (κ3) is 5.00. The van der Waals surface area contributed by atoms with Crippen molar-refractivity contribution in [3.05, 3.63) is 22.2 Å². The number of hydrogen-bond donors (Lipinski definition) is 3. The number of benzene rings is 1. The fourth-order valence-electron chi connectivity index (χ4n) is 1.28. The SMILES string of the molecule is Nc1cc(Cl)c(Cl)cc1NCCCOCCO. The smallest absolute Gasteiger partial charge is 0.0697 e. The lowest BCUT2D eigenvalue weighted by Gasteiger charge is -2.10. The van der Waals surface area contributed by atoms with E-state index in [1.807, 2.05) is 0 Å². The molecule has 0 bridgehead atoms. The summed E-state index contributed by atoms with van der Waals surface area (Å²) >= 11 is 11.7. The number of aliphatic hydroxyl groups excluding tert-OH is 1. The Labute approximate surface area is 111 Å². The van der Waals surface area contributed by atoms with Gasteiger partial charge in [0.15, 0.2) is 0 Å². The fourth-order valence-corrected chi connectivity index (χ4v) is 1.61. The fraction of sp³-hybridized carbons (Fsp3) is 0.455. The van der Waals surface area contributed by atoms with Gasteiger partial charge < -0.3 is 20.9 Å². The summed E-state index contributed by atoms with van der Waals surface area (Å²) in [5.41, 5.74) is 7.11. The second-order valence-electron chi connectivity index (χ2n) is 3.47. The van der Waals surface area contributed by atoms with Crippen LogP contribution in [0.4, 0.5) is 11.4 Å². The van der Waals surface area contributed by atoms with E-state index in [1.165, 1.54) is 0 Å². The van der Waals surface area contributed by atoms with E-state index in [-0.39, 0.29) is 6.61 Å². The maximum absolute atomic E-state index is 8.51. The monoisotopic (exact) mass is 278 g/mol. The van der Waals surface area contributed by atoms with Crippen LogP contribution in [-0.2, 0) is 4.74 Å². The average molecular weight is 279 g/mol. The number of hydrogen-bond acceptors (Lipinski definition) is 4. The zero-order chi connectivity index (χ0) is 12.7. The molecule has 0 heterocycles. The Morgan fingerprint density at radius 3 is 2.65 bits per heavy atom. The summed E-state index contributed by atoms with van der Waals surface area (Å²) in [4.78, 5) is 0. The van der Waals surface area contributed by atoms with Crippen molar-refractivity contribution in [1.29, 1.82) is 0 Å². The number of ether oxygens (including phenoxy) is 1. The summed E-state index contributed by atoms with van der Waals surface area (Å²) < 4.78 is 5.13. The Hall–Kier alpha value is -0.680. The van der Waals surface area contributed by atoms with E-state index in [4.69, 9.17) is 38.8 Å². The van der Waals surface area contributed by atoms with Gasteiger partial charge in [-0.1, -0.05) is 23.2 Å². The predicted octanol–water partition coefficient (Wildman–Crippen LogP) is 2.39. The highest BCUT2D eigenvalue weighted by molar-refractivity contribution is 6.42. The molecule has 17 heavy (non-hydrogen) atoms. The van der Waals surface area contributed by atoms with Crippen molar-refractivity contribution < 1.29 is 9.84 Å². The molecule has 0 aromatic heterocycles. The molecule has 4 N–H and O–H groups in total. The van der Waals surface area contributed by atoms with E-state index in [0.717, 1.165) is 12.1 Å². The van der Waals surface area contributed by atoms with Gasteiger partial charge in [-0.05, 0) is 18.6 Å². The maximum Gasteiger partial charge on any atom is 0.0697 e. The first-order valence-electron chi connectivity index (χ1n) is 5.32. The van der Waals surface area contributed by atoms with Gasteiger partial charge in [0, 0.05) is 13.2 Å². The van der Waals surface area contributed by atoms with Crippen LogP contribution in [0.3, 0.4) is 0 Å². The van der Waals surface area contributed by atoms with Crippen LogP contribution < -0.4 is 11.1 Å². The third-order valence-electron chi connectivity index (χ3n) is 2.11. The lowest BCUT2D eigenvalue weighted by atomic mass is 10.2. The van der Waals surface area contributed by atoms with Gasteiger partial charge in [0.2, 0.25) is 0 Å². The maximum atomic E-state index is 8.51. The van der Waals surface area contributed by atoms with Gasteiger partial charge >= 0.3 is 0 Å². The minimum absolute atomic E-state index is 0.0488. The first-order valence-corrected chi connectivity index (χ1v) is 6.07. The average Bonchev–Trinajstić information content (AvgIpc) is 2.30. The minimum atomic E-state index is 0.0488. The molecule has 0 amide bonds. The van der Waals surface area contributed by atoms with Gasteiger partial charge in [-0.25, -0.2) is 0 Å². The summed E-state index contributed by atoms with van der Waals surface area (Å²) in [6.07, 6.45) is 0.819. The summed E-state index contributed by atoms with van der Waals surface area (Å²) in [5, 5.41) is 12.6. The lowest BCUT2D eigenvalue weighted by molar-refractivity contribution is 0.0922. The van der Waals surface area contributed by atoms with Crippen molar-refractivity contribution in [3.63, 3.8) is 0 Å². The molecule has 0 radical (unpaired) electrons. The highest BCUT2D eigenvalue weighted by atomic mass is 35.5. The van der Waals surface area contributed by atoms with Crippen LogP contribution >= 0.6 is 23.2 Å². The minimum Gasteiger partial charge on any atom is -0.397 e. The molecule has 96 valence electrons. The summed E-state index contributed by atoms with van der Waals surface area (Å²) in [6.45, 7) is 1.73. The summed E-state index contributed by atoms with van der Waals surface area (Å²) in [6, 6.07) is 3.32. The van der Waals surface area contributed by atoms with Crippen LogP contribution in [0.25, 0.3) is 0 Å². The Balaban J connectivity index is 2.34. The van der Waals surface area contributed by atoms with Gasteiger partial charge in [-0.15, -0.1) is 0 Å². The molecule has 1 aromatic carbocycles. The number of halogens is 2. The molecular formula is C11H16Cl2N2O2. The van der Waals surface area contributed by atoms with Gasteiger partial charge in [0.25, 0.3) is 0 Å². The molecule has 0 fully saturated rings. The molecule has 4 nitrogen and oxygen atoms in total. The van der Waals surface area contributed by atoms with E-state index in [2.05, 4.69) is 5.32 Å². The highest BCUT2D eigenvalue weighted by Gasteiger charge is 2.04. The summed E-state index contributed by atoms with van der Waals surface area (Å²) in [7, 11) is 0. The van der Waals surface area contributed by atoms with Gasteiger partial charge in [0.1, 0.15) is 0 Å². The van der Waals surface area contributed by atoms with E-state index < -0.39 is 0 Å². The molecule has 1 rings (SSSR count). The molecule has 0 unspecified atom stereocenters. The quantitative estimate of drug-likeness (QED) is 0.529. The lowest BCUT2D eigenvalue weighted by Crippen LogP contribution is -2.08. The van der Waals surface area contributed by atoms with E-state index in [0.29, 0.717) is 35.5 Å². The second-order valence-corrected chi connectivity index (χ2v) is 4.28. The molecule has 0 aliphatic heterocycles. The normalized spacial score (nSPS) is 10.5. The molecular weight excluding hydrogens is 263 g/mol. The molecule has 0 spiro atoms. The van der Waals surface area contributed by atoms with Crippen LogP contribution in [0.15, 0.2) is 12.1 Å². The Morgan fingerprint density at radius 2 is 1.94 bits per heavy atom. The zero-order valence-corrected chi connectivity index (χ0v) is 10.9. The van der Waals surface area contributed by atoms with Crippen molar-refractivity contribution in [2.24, 2.45) is 0 Å². The number of nitrogens with one attached hydrogen (secondary N) is 1. The molecule has 0 aliphatic rings. The zero-order valence-electron chi connectivity index (χ0n) is 9.38. The topological polar surface area (TPSA) is 67.5 Å². The molecule has 0 saturated heterocycles. The van der Waals surface area contributed by atoms with Crippen molar-refractivity contribution in [2.75, 3.05) is 37.4 Å². The molecule has 6 heteroatoms. The molecule has 0 saturated carbocycles. The molecule has 1 aromatic rings. The number of anilines is 2. The van der Waals surface area contributed by atoms with Crippen molar-refractivity contribution in [2.45, 2.75) is 6.42 Å². The van der Waals surface area contributed by atoms with Gasteiger partial charge in [0.05, 0.1) is 34.6 Å². The highest BCUT2D eigenvalue weighted by Crippen LogP contribution is 2.30. The van der Waals surface area contributed by atoms with Crippen LogP contribution in [0.2, 0.25) is 10.0 Å². The number of aliphatic hydroxyl groups is 1. The third-order valence-corrected chi connectivity index (χ3v) is 2.83.